The van der Waals surface area contributed by atoms with Crippen LogP contribution in [0.4, 0.5) is 4.79 Å². The third kappa shape index (κ3) is 4.30. The van der Waals surface area contributed by atoms with Crippen LogP contribution >= 0.6 is 11.6 Å². The summed E-state index contributed by atoms with van der Waals surface area (Å²) in [6, 6.07) is 18.3. The van der Waals surface area contributed by atoms with Crippen LogP contribution in [0.5, 0.6) is 0 Å². The molecule has 0 aliphatic heterocycles. The zero-order chi connectivity index (χ0) is 16.8. The van der Waals surface area contributed by atoms with Gasteiger partial charge in [-0.25, -0.2) is 9.48 Å². The van der Waals surface area contributed by atoms with E-state index in [1.165, 1.54) is 0 Å². The van der Waals surface area contributed by atoms with Gasteiger partial charge in [0.25, 0.3) is 0 Å². The van der Waals surface area contributed by atoms with Gasteiger partial charge in [0, 0.05) is 17.8 Å². The van der Waals surface area contributed by atoms with Crippen molar-refractivity contribution in [3.63, 3.8) is 0 Å². The molecule has 0 saturated carbocycles. The Balaban J connectivity index is 1.65. The summed E-state index contributed by atoms with van der Waals surface area (Å²) >= 11 is 5.82. The summed E-state index contributed by atoms with van der Waals surface area (Å²) in [5.41, 5.74) is 1.90. The summed E-state index contributed by atoms with van der Waals surface area (Å²) in [4.78, 5) is 15.8. The Morgan fingerprint density at radius 3 is 2.50 bits per heavy atom. The van der Waals surface area contributed by atoms with Crippen LogP contribution in [0.1, 0.15) is 5.56 Å². The average Bonchev–Trinajstić information content (AvgIpc) is 2.63. The highest BCUT2D eigenvalue weighted by Gasteiger charge is 1.99. The molecule has 0 radical (unpaired) electrons. The summed E-state index contributed by atoms with van der Waals surface area (Å²) in [5, 5.41) is 8.15. The number of nitrogens with one attached hydrogen (secondary N) is 1. The second-order valence-electron chi connectivity index (χ2n) is 5.06. The van der Waals surface area contributed by atoms with Crippen LogP contribution in [0.3, 0.4) is 0 Å². The smallest absolute Gasteiger partial charge is 0.332 e. The topological polar surface area (TPSA) is 59.3 Å². The number of hydrogen-bond donors (Lipinski definition) is 1. The second-order valence-corrected chi connectivity index (χ2v) is 5.50. The number of amides is 2. The molecule has 0 spiro atoms. The van der Waals surface area contributed by atoms with Gasteiger partial charge in [-0.05, 0) is 35.9 Å². The average molecular weight is 339 g/mol. The van der Waals surface area contributed by atoms with Crippen LogP contribution in [0, 0.1) is 0 Å². The normalized spacial score (nSPS) is 11.3. The molecule has 0 saturated heterocycles. The number of carbonyl (C=O) groups is 1. The van der Waals surface area contributed by atoms with Crippen molar-refractivity contribution in [2.24, 2.45) is 4.99 Å². The van der Waals surface area contributed by atoms with Crippen molar-refractivity contribution < 1.29 is 4.79 Å². The highest BCUT2D eigenvalue weighted by atomic mass is 35.5. The van der Waals surface area contributed by atoms with E-state index in [9.17, 15) is 4.79 Å². The van der Waals surface area contributed by atoms with Gasteiger partial charge in [-0.3, -0.25) is 0 Å². The molecule has 0 aliphatic carbocycles. The molecule has 1 heterocycles. The summed E-state index contributed by atoms with van der Waals surface area (Å²) in [7, 11) is 0. The number of para-hydroxylation sites is 1. The molecule has 2 amide bonds. The van der Waals surface area contributed by atoms with Crippen molar-refractivity contribution in [2.75, 3.05) is 0 Å². The molecule has 3 rings (SSSR count). The monoisotopic (exact) mass is 338 g/mol. The van der Waals surface area contributed by atoms with Crippen molar-refractivity contribution >= 4 is 17.6 Å². The SMILES string of the molecule is O=C(N=c1ccn(-c2ccccc2)nc1)NCc1ccc(Cl)cc1. The van der Waals surface area contributed by atoms with Crippen molar-refractivity contribution in [2.45, 2.75) is 6.54 Å². The van der Waals surface area contributed by atoms with E-state index < -0.39 is 6.03 Å². The molecule has 0 unspecified atom stereocenters. The molecule has 1 N–H and O–H groups in total. The molecule has 0 aliphatic rings. The minimum Gasteiger partial charge on any atom is -0.332 e. The number of benzene rings is 2. The molecule has 0 fully saturated rings. The highest BCUT2D eigenvalue weighted by molar-refractivity contribution is 6.30. The zero-order valence-corrected chi connectivity index (χ0v) is 13.5. The molecule has 0 atom stereocenters. The number of carbonyl (C=O) groups excluding carboxylic acids is 1. The third-order valence-corrected chi connectivity index (χ3v) is 3.56. The van der Waals surface area contributed by atoms with Crippen molar-refractivity contribution in [1.29, 1.82) is 0 Å². The Hall–Kier alpha value is -2.92. The third-order valence-electron chi connectivity index (χ3n) is 3.31. The molecular weight excluding hydrogens is 324 g/mol. The van der Waals surface area contributed by atoms with E-state index in [1.54, 1.807) is 35.3 Å². The van der Waals surface area contributed by atoms with E-state index in [0.717, 1.165) is 11.3 Å². The summed E-state index contributed by atoms with van der Waals surface area (Å²) < 4.78 is 1.71. The molecule has 1 aromatic heterocycles. The van der Waals surface area contributed by atoms with Crippen LogP contribution in [0.2, 0.25) is 5.02 Å². The molecule has 24 heavy (non-hydrogen) atoms. The molecule has 3 aromatic rings. The van der Waals surface area contributed by atoms with E-state index in [1.807, 2.05) is 42.5 Å². The number of nitrogens with zero attached hydrogens (tertiary/aromatic N) is 3. The van der Waals surface area contributed by atoms with Crippen molar-refractivity contribution in [3.8, 4) is 5.69 Å². The molecule has 0 bridgehead atoms. The lowest BCUT2D eigenvalue weighted by Crippen LogP contribution is -2.22. The number of halogens is 1. The maximum Gasteiger partial charge on any atom is 0.341 e. The first-order chi connectivity index (χ1) is 11.7. The van der Waals surface area contributed by atoms with Crippen LogP contribution in [-0.2, 0) is 6.54 Å². The van der Waals surface area contributed by atoms with E-state index >= 15 is 0 Å². The van der Waals surface area contributed by atoms with Crippen LogP contribution in [0.25, 0.3) is 5.69 Å². The Morgan fingerprint density at radius 2 is 1.83 bits per heavy atom. The van der Waals surface area contributed by atoms with Gasteiger partial charge in [-0.2, -0.15) is 10.1 Å². The Kier molecular flexibility index (Phi) is 5.03. The first-order valence-electron chi connectivity index (χ1n) is 7.38. The van der Waals surface area contributed by atoms with Crippen molar-refractivity contribution in [1.82, 2.24) is 15.1 Å². The largest absolute Gasteiger partial charge is 0.341 e. The second kappa shape index (κ2) is 7.57. The van der Waals surface area contributed by atoms with E-state index in [-0.39, 0.29) is 0 Å². The predicted molar refractivity (Wildman–Crippen MR) is 92.8 cm³/mol. The fraction of sp³-hybridized carbons (Fsp3) is 0.0556. The maximum absolute atomic E-state index is 11.9. The van der Waals surface area contributed by atoms with E-state index in [4.69, 9.17) is 11.6 Å². The summed E-state index contributed by atoms with van der Waals surface area (Å²) in [6.07, 6.45) is 3.31. The lowest BCUT2D eigenvalue weighted by molar-refractivity contribution is 0.248. The van der Waals surface area contributed by atoms with Gasteiger partial charge >= 0.3 is 6.03 Å². The quantitative estimate of drug-likeness (QED) is 0.796. The Labute approximate surface area is 144 Å². The van der Waals surface area contributed by atoms with Gasteiger partial charge in [0.05, 0.1) is 17.2 Å². The summed E-state index contributed by atoms with van der Waals surface area (Å²) in [6.45, 7) is 0.393. The number of rotatable bonds is 3. The molecule has 2 aromatic carbocycles. The van der Waals surface area contributed by atoms with E-state index in [2.05, 4.69) is 15.4 Å². The van der Waals surface area contributed by atoms with E-state index in [0.29, 0.717) is 16.9 Å². The van der Waals surface area contributed by atoms with Gasteiger partial charge in [-0.1, -0.05) is 41.9 Å². The van der Waals surface area contributed by atoms with Crippen LogP contribution in [0.15, 0.2) is 78.0 Å². The first-order valence-corrected chi connectivity index (χ1v) is 7.76. The number of hydrogen-bond acceptors (Lipinski definition) is 2. The Bertz CT molecular complexity index is 868. The summed E-state index contributed by atoms with van der Waals surface area (Å²) in [5.74, 6) is 0. The van der Waals surface area contributed by atoms with Gasteiger partial charge in [0.1, 0.15) is 0 Å². The van der Waals surface area contributed by atoms with Gasteiger partial charge in [-0.15, -0.1) is 0 Å². The van der Waals surface area contributed by atoms with Gasteiger partial charge in [0.15, 0.2) is 0 Å². The fourth-order valence-corrected chi connectivity index (χ4v) is 2.21. The van der Waals surface area contributed by atoms with Gasteiger partial charge in [0.2, 0.25) is 0 Å². The molecular formula is C18H15ClN4O. The highest BCUT2D eigenvalue weighted by Crippen LogP contribution is 2.09. The number of aromatic nitrogens is 2. The minimum absolute atomic E-state index is 0.393. The first kappa shape index (κ1) is 16.0. The number of urea groups is 1. The minimum atomic E-state index is -0.413. The van der Waals surface area contributed by atoms with Crippen LogP contribution in [-0.4, -0.2) is 15.8 Å². The lowest BCUT2D eigenvalue weighted by Gasteiger charge is -2.04. The predicted octanol–water partition coefficient (Wildman–Crippen LogP) is 3.34. The van der Waals surface area contributed by atoms with Crippen molar-refractivity contribution in [3.05, 3.63) is 89.0 Å². The lowest BCUT2D eigenvalue weighted by atomic mass is 10.2. The van der Waals surface area contributed by atoms with Crippen LogP contribution < -0.4 is 10.7 Å². The molecule has 6 heteroatoms. The fourth-order valence-electron chi connectivity index (χ4n) is 2.09. The zero-order valence-electron chi connectivity index (χ0n) is 12.8. The standard InChI is InChI=1S/C18H15ClN4O/c19-15-8-6-14(7-9-15)12-20-18(24)22-16-10-11-23(21-13-16)17-4-2-1-3-5-17/h1-11,13H,12H2,(H,20,24). The maximum atomic E-state index is 11.9. The van der Waals surface area contributed by atoms with Gasteiger partial charge < -0.3 is 5.32 Å². The molecule has 120 valence electrons. The molecule has 5 nitrogen and oxygen atoms in total. The Morgan fingerprint density at radius 1 is 1.08 bits per heavy atom.